The average Bonchev–Trinajstić information content (AvgIpc) is 3.94. The van der Waals surface area contributed by atoms with E-state index in [0.29, 0.717) is 11.1 Å². The van der Waals surface area contributed by atoms with Crippen LogP contribution in [0.4, 0.5) is 0 Å². The number of methoxy groups -OCH3 is 2. The van der Waals surface area contributed by atoms with Gasteiger partial charge in [0.2, 0.25) is 0 Å². The van der Waals surface area contributed by atoms with Gasteiger partial charge < -0.3 is 14.2 Å². The Kier molecular flexibility index (Phi) is 14.7. The number of ether oxygens (including phenoxy) is 3. The van der Waals surface area contributed by atoms with Gasteiger partial charge in [0.15, 0.2) is 0 Å². The van der Waals surface area contributed by atoms with Crippen molar-refractivity contribution in [2.45, 2.75) is 25.7 Å². The summed E-state index contributed by atoms with van der Waals surface area (Å²) in [6.45, 7) is 2.00. The number of carbonyl (C=O) groups excluding carboxylic acids is 2. The molecule has 304 valence electrons. The van der Waals surface area contributed by atoms with Crippen molar-refractivity contribution in [3.05, 3.63) is 215 Å². The van der Waals surface area contributed by atoms with Gasteiger partial charge in [-0.05, 0) is 134 Å². The molecule has 1 aliphatic rings. The highest BCUT2D eigenvalue weighted by Crippen LogP contribution is 2.27. The lowest BCUT2D eigenvalue weighted by molar-refractivity contribution is 0.0592. The number of hydrogen-bond acceptors (Lipinski definition) is 5. The van der Waals surface area contributed by atoms with E-state index in [1.54, 1.807) is 12.1 Å². The lowest BCUT2D eigenvalue weighted by Crippen LogP contribution is -2.01. The number of rotatable bonds is 9. The number of carbonyl (C=O) groups is 2. The molecule has 5 nitrogen and oxygen atoms in total. The second-order valence-electron chi connectivity index (χ2n) is 14.9. The van der Waals surface area contributed by atoms with Crippen LogP contribution in [-0.4, -0.2) is 39.4 Å². The van der Waals surface area contributed by atoms with Crippen molar-refractivity contribution in [2.75, 3.05) is 27.4 Å². The summed E-state index contributed by atoms with van der Waals surface area (Å²) in [6.07, 6.45) is 8.58. The highest BCUT2D eigenvalue weighted by atomic mass is 16.5. The normalized spacial score (nSPS) is 12.0. The van der Waals surface area contributed by atoms with Gasteiger partial charge in [-0.25, -0.2) is 9.59 Å². The van der Waals surface area contributed by atoms with Crippen LogP contribution in [0, 0.1) is 0 Å². The van der Waals surface area contributed by atoms with E-state index in [-0.39, 0.29) is 11.9 Å². The molecule has 0 radical (unpaired) electrons. The topological polar surface area (TPSA) is 61.8 Å². The first-order valence-electron chi connectivity index (χ1n) is 20.7. The first kappa shape index (κ1) is 42.1. The third-order valence-corrected chi connectivity index (χ3v) is 10.7. The molecule has 8 aromatic carbocycles. The van der Waals surface area contributed by atoms with Crippen LogP contribution in [0.1, 0.15) is 55.8 Å². The largest absolute Gasteiger partial charge is 0.465 e. The van der Waals surface area contributed by atoms with Crippen LogP contribution in [0.2, 0.25) is 0 Å². The number of benzene rings is 8. The van der Waals surface area contributed by atoms with Crippen LogP contribution >= 0.6 is 0 Å². The Bertz CT molecular complexity index is 2690. The van der Waals surface area contributed by atoms with Crippen LogP contribution in [0.15, 0.2) is 182 Å². The van der Waals surface area contributed by atoms with Crippen LogP contribution in [0.5, 0.6) is 0 Å². The molecule has 0 bridgehead atoms. The molecule has 9 rings (SSSR count). The number of fused-ring (bicyclic) bond motifs is 2. The van der Waals surface area contributed by atoms with Crippen LogP contribution in [0.25, 0.3) is 56.0 Å². The van der Waals surface area contributed by atoms with Crippen molar-refractivity contribution in [3.8, 4) is 22.3 Å². The van der Waals surface area contributed by atoms with Gasteiger partial charge in [0.1, 0.15) is 0 Å². The fourth-order valence-electron chi connectivity index (χ4n) is 7.20. The standard InChI is InChI=1S/C26H22O2.C26H20O2.C4H8O/c2*1-28-26(27)22-12-9-19(10-13-22)7-8-20-11-14-25-18-24(16-15-23(25)17-20)21-5-3-2-4-6-21;1-2-4-5-3-1/h2-6,9-18H,7-8H2,1H3;2-18H,1H3;1-4H2. The summed E-state index contributed by atoms with van der Waals surface area (Å²) < 4.78 is 14.4. The van der Waals surface area contributed by atoms with Gasteiger partial charge in [-0.1, -0.05) is 152 Å². The van der Waals surface area contributed by atoms with Crippen molar-refractivity contribution in [1.29, 1.82) is 0 Å². The molecular weight excluding hydrogens is 753 g/mol. The monoisotopic (exact) mass is 802 g/mol. The minimum atomic E-state index is -0.320. The first-order chi connectivity index (χ1) is 29.9. The van der Waals surface area contributed by atoms with Gasteiger partial charge in [0.25, 0.3) is 0 Å². The lowest BCUT2D eigenvalue weighted by Gasteiger charge is -2.07. The molecule has 1 fully saturated rings. The van der Waals surface area contributed by atoms with Crippen LogP contribution < -0.4 is 0 Å². The molecule has 0 aromatic heterocycles. The molecule has 1 heterocycles. The third kappa shape index (κ3) is 11.8. The Morgan fingerprint density at radius 1 is 0.443 bits per heavy atom. The van der Waals surface area contributed by atoms with E-state index in [0.717, 1.165) is 37.2 Å². The Hall–Kier alpha value is -7.08. The molecular formula is C56H50O5. The highest BCUT2D eigenvalue weighted by Gasteiger charge is 2.07. The summed E-state index contributed by atoms with van der Waals surface area (Å²) in [4.78, 5) is 23.0. The number of hydrogen-bond donors (Lipinski definition) is 0. The number of aryl methyl sites for hydroxylation is 2. The summed E-state index contributed by atoms with van der Waals surface area (Å²) in [7, 11) is 2.79. The second kappa shape index (κ2) is 21.3. The molecule has 0 saturated carbocycles. The van der Waals surface area contributed by atoms with E-state index < -0.39 is 0 Å². The predicted octanol–water partition coefficient (Wildman–Crippen LogP) is 13.3. The Labute approximate surface area is 358 Å². The van der Waals surface area contributed by atoms with E-state index in [1.807, 2.05) is 54.6 Å². The van der Waals surface area contributed by atoms with E-state index in [4.69, 9.17) is 14.2 Å². The molecule has 5 heteroatoms. The maximum Gasteiger partial charge on any atom is 0.337 e. The third-order valence-electron chi connectivity index (χ3n) is 10.7. The fourth-order valence-corrected chi connectivity index (χ4v) is 7.20. The quantitative estimate of drug-likeness (QED) is 0.107. The zero-order chi connectivity index (χ0) is 42.2. The molecule has 0 N–H and O–H groups in total. The van der Waals surface area contributed by atoms with E-state index in [2.05, 4.69) is 127 Å². The second-order valence-corrected chi connectivity index (χ2v) is 14.9. The summed E-state index contributed by atoms with van der Waals surface area (Å²) in [5, 5.41) is 4.95. The zero-order valence-corrected chi connectivity index (χ0v) is 34.8. The fraction of sp³-hybridized carbons (Fsp3) is 0.143. The van der Waals surface area contributed by atoms with Crippen molar-refractivity contribution in [1.82, 2.24) is 0 Å². The molecule has 1 saturated heterocycles. The van der Waals surface area contributed by atoms with Crippen molar-refractivity contribution >= 4 is 45.6 Å². The Balaban J connectivity index is 0.000000165. The van der Waals surface area contributed by atoms with Crippen molar-refractivity contribution < 1.29 is 23.8 Å². The van der Waals surface area contributed by atoms with Gasteiger partial charge in [-0.2, -0.15) is 0 Å². The van der Waals surface area contributed by atoms with Gasteiger partial charge in [0.05, 0.1) is 25.3 Å². The maximum absolute atomic E-state index is 11.5. The summed E-state index contributed by atoms with van der Waals surface area (Å²) >= 11 is 0. The van der Waals surface area contributed by atoms with Crippen molar-refractivity contribution in [3.63, 3.8) is 0 Å². The van der Waals surface area contributed by atoms with E-state index in [1.165, 1.54) is 82.0 Å². The predicted molar refractivity (Wildman–Crippen MR) is 251 cm³/mol. The molecule has 0 spiro atoms. The molecule has 8 aromatic rings. The van der Waals surface area contributed by atoms with E-state index >= 15 is 0 Å². The summed E-state index contributed by atoms with van der Waals surface area (Å²) in [5.74, 6) is -0.615. The molecule has 1 aliphatic heterocycles. The van der Waals surface area contributed by atoms with Gasteiger partial charge in [-0.15, -0.1) is 0 Å². The van der Waals surface area contributed by atoms with Crippen molar-refractivity contribution in [2.24, 2.45) is 0 Å². The zero-order valence-electron chi connectivity index (χ0n) is 34.8. The molecule has 0 unspecified atom stereocenters. The molecule has 0 amide bonds. The van der Waals surface area contributed by atoms with Gasteiger partial charge >= 0.3 is 11.9 Å². The molecule has 61 heavy (non-hydrogen) atoms. The minimum absolute atomic E-state index is 0.295. The smallest absolute Gasteiger partial charge is 0.337 e. The summed E-state index contributed by atoms with van der Waals surface area (Å²) in [6, 6.07) is 62.2. The number of esters is 2. The van der Waals surface area contributed by atoms with Crippen LogP contribution in [-0.2, 0) is 27.1 Å². The van der Waals surface area contributed by atoms with Gasteiger partial charge in [0, 0.05) is 13.2 Å². The Morgan fingerprint density at radius 2 is 0.869 bits per heavy atom. The summed E-state index contributed by atoms with van der Waals surface area (Å²) in [5.41, 5.74) is 10.8. The Morgan fingerprint density at radius 3 is 1.39 bits per heavy atom. The van der Waals surface area contributed by atoms with Crippen LogP contribution in [0.3, 0.4) is 0 Å². The van der Waals surface area contributed by atoms with E-state index in [9.17, 15) is 9.59 Å². The average molecular weight is 803 g/mol. The molecule has 0 atom stereocenters. The minimum Gasteiger partial charge on any atom is -0.465 e. The van der Waals surface area contributed by atoms with Gasteiger partial charge in [-0.3, -0.25) is 0 Å². The first-order valence-corrected chi connectivity index (χ1v) is 20.7. The lowest BCUT2D eigenvalue weighted by atomic mass is 9.98. The SMILES string of the molecule is C1CCOC1.COC(=O)c1ccc(C=Cc2ccc3cc(-c4ccccc4)ccc3c2)cc1.COC(=O)c1ccc(CCc2ccc3cc(-c4ccccc4)ccc3c2)cc1. The maximum atomic E-state index is 11.5. The molecule has 0 aliphatic carbocycles. The highest BCUT2D eigenvalue weighted by molar-refractivity contribution is 5.92.